The van der Waals surface area contributed by atoms with E-state index in [0.29, 0.717) is 0 Å². The molecule has 0 aromatic heterocycles. The first-order valence-corrected chi connectivity index (χ1v) is 8.47. The Hall–Kier alpha value is -2.19. The van der Waals surface area contributed by atoms with Crippen LogP contribution in [0.1, 0.15) is 10.4 Å². The number of carbonyl (C=O) groups excluding carboxylic acids is 1. The molecule has 0 saturated heterocycles. The zero-order chi connectivity index (χ0) is 17.2. The molecule has 0 aliphatic heterocycles. The molecule has 0 saturated carbocycles. The second-order valence-corrected chi connectivity index (χ2v) is 6.78. The van der Waals surface area contributed by atoms with Crippen LogP contribution in [0, 0.1) is 11.6 Å². The maximum absolute atomic E-state index is 13.5. The van der Waals surface area contributed by atoms with Gasteiger partial charge < -0.3 is 5.32 Å². The lowest BCUT2D eigenvalue weighted by atomic mass is 10.2. The molecule has 0 radical (unpaired) electrons. The van der Waals surface area contributed by atoms with E-state index in [0.717, 1.165) is 18.4 Å². The normalized spacial score (nSPS) is 11.1. The topological polar surface area (TPSA) is 75.3 Å². The van der Waals surface area contributed by atoms with E-state index in [1.807, 2.05) is 0 Å². The zero-order valence-corrected chi connectivity index (χ0v) is 13.3. The molecule has 9 heteroatoms. The van der Waals surface area contributed by atoms with Gasteiger partial charge in [0.1, 0.15) is 17.3 Å². The van der Waals surface area contributed by atoms with E-state index in [1.54, 1.807) is 0 Å². The number of para-hydroxylation sites is 1. The molecule has 0 bridgehead atoms. The average Bonchev–Trinajstić information content (AvgIpc) is 2.43. The number of sulfonamides is 1. The fraction of sp³-hybridized carbons (Fsp3) is 0.0714. The van der Waals surface area contributed by atoms with Crippen molar-refractivity contribution in [1.29, 1.82) is 0 Å². The monoisotopic (exact) mass is 360 g/mol. The summed E-state index contributed by atoms with van der Waals surface area (Å²) in [6.07, 6.45) is 0.949. The van der Waals surface area contributed by atoms with Gasteiger partial charge in [-0.25, -0.2) is 17.2 Å². The number of hydrogen-bond acceptors (Lipinski definition) is 3. The van der Waals surface area contributed by atoms with E-state index >= 15 is 0 Å². The van der Waals surface area contributed by atoms with Crippen LogP contribution in [0.4, 0.5) is 20.2 Å². The van der Waals surface area contributed by atoms with Gasteiger partial charge in [0, 0.05) is 5.56 Å². The van der Waals surface area contributed by atoms with Crippen LogP contribution in [0.3, 0.4) is 0 Å². The third kappa shape index (κ3) is 4.40. The molecule has 0 unspecified atom stereocenters. The molecule has 0 aliphatic rings. The number of halogens is 3. The number of hydrogen-bond donors (Lipinski definition) is 2. The van der Waals surface area contributed by atoms with Crippen LogP contribution in [0.15, 0.2) is 36.4 Å². The highest BCUT2D eigenvalue weighted by Gasteiger charge is 2.15. The molecule has 2 N–H and O–H groups in total. The van der Waals surface area contributed by atoms with E-state index in [1.165, 1.54) is 24.3 Å². The highest BCUT2D eigenvalue weighted by atomic mass is 35.5. The number of anilines is 2. The van der Waals surface area contributed by atoms with Crippen molar-refractivity contribution in [2.45, 2.75) is 0 Å². The molecule has 1 amide bonds. The predicted molar refractivity (Wildman–Crippen MR) is 84.2 cm³/mol. The molecule has 5 nitrogen and oxygen atoms in total. The summed E-state index contributed by atoms with van der Waals surface area (Å²) in [5.41, 5.74) is -0.480. The Morgan fingerprint density at radius 1 is 1.13 bits per heavy atom. The predicted octanol–water partition coefficient (Wildman–Crippen LogP) is 3.24. The van der Waals surface area contributed by atoms with E-state index in [4.69, 9.17) is 11.6 Å². The molecule has 2 aromatic rings. The van der Waals surface area contributed by atoms with Crippen molar-refractivity contribution in [3.05, 3.63) is 58.6 Å². The summed E-state index contributed by atoms with van der Waals surface area (Å²) >= 11 is 5.89. The summed E-state index contributed by atoms with van der Waals surface area (Å²) in [5, 5.41) is 2.07. The third-order valence-electron chi connectivity index (χ3n) is 2.73. The summed E-state index contributed by atoms with van der Waals surface area (Å²) in [6.45, 7) is 0. The Labute approximate surface area is 136 Å². The standard InChI is InChI=1S/C14H11ClF2N2O3S/c1-23(21,22)19-12-6-5-8(7-9(12)15)14(20)18-13-10(16)3-2-4-11(13)17/h2-7,19H,1H3,(H,18,20). The summed E-state index contributed by atoms with van der Waals surface area (Å²) < 4.78 is 51.5. The van der Waals surface area contributed by atoms with Crippen LogP contribution in [-0.2, 0) is 10.0 Å². The minimum absolute atomic E-state index is 0.0108. The molecule has 0 atom stereocenters. The van der Waals surface area contributed by atoms with Gasteiger partial charge in [-0.2, -0.15) is 0 Å². The highest BCUT2D eigenvalue weighted by molar-refractivity contribution is 7.92. The number of amides is 1. The molecule has 0 aliphatic carbocycles. The minimum atomic E-state index is -3.53. The molecule has 2 aromatic carbocycles. The van der Waals surface area contributed by atoms with Crippen molar-refractivity contribution in [1.82, 2.24) is 0 Å². The van der Waals surface area contributed by atoms with Crippen LogP contribution in [-0.4, -0.2) is 20.6 Å². The fourth-order valence-corrected chi connectivity index (χ4v) is 2.60. The quantitative estimate of drug-likeness (QED) is 0.878. The van der Waals surface area contributed by atoms with Crippen molar-refractivity contribution in [3.8, 4) is 0 Å². The van der Waals surface area contributed by atoms with Crippen LogP contribution < -0.4 is 10.0 Å². The van der Waals surface area contributed by atoms with Gasteiger partial charge in [-0.05, 0) is 30.3 Å². The van der Waals surface area contributed by atoms with Gasteiger partial charge in [-0.1, -0.05) is 17.7 Å². The number of carbonyl (C=O) groups is 1. The lowest BCUT2D eigenvalue weighted by molar-refractivity contribution is 0.102. The minimum Gasteiger partial charge on any atom is -0.317 e. The lowest BCUT2D eigenvalue weighted by Gasteiger charge is -2.10. The molecular formula is C14H11ClF2N2O3S. The smallest absolute Gasteiger partial charge is 0.255 e. The maximum Gasteiger partial charge on any atom is 0.255 e. The fourth-order valence-electron chi connectivity index (χ4n) is 1.74. The second-order valence-electron chi connectivity index (χ2n) is 4.62. The molecule has 0 heterocycles. The first-order chi connectivity index (χ1) is 10.7. The van der Waals surface area contributed by atoms with E-state index in [2.05, 4.69) is 10.0 Å². The molecule has 0 spiro atoms. The summed E-state index contributed by atoms with van der Waals surface area (Å²) in [4.78, 5) is 12.0. The van der Waals surface area contributed by atoms with Crippen LogP contribution in [0.5, 0.6) is 0 Å². The molecular weight excluding hydrogens is 350 g/mol. The number of benzene rings is 2. The Morgan fingerprint density at radius 2 is 1.74 bits per heavy atom. The Morgan fingerprint density at radius 3 is 2.26 bits per heavy atom. The molecule has 2 rings (SSSR count). The summed E-state index contributed by atoms with van der Waals surface area (Å²) in [7, 11) is -3.53. The average molecular weight is 361 g/mol. The summed E-state index contributed by atoms with van der Waals surface area (Å²) in [5.74, 6) is -2.62. The van der Waals surface area contributed by atoms with E-state index in [9.17, 15) is 22.0 Å². The van der Waals surface area contributed by atoms with Crippen molar-refractivity contribution in [2.24, 2.45) is 0 Å². The molecule has 23 heavy (non-hydrogen) atoms. The third-order valence-corrected chi connectivity index (χ3v) is 3.63. The Balaban J connectivity index is 2.25. The second kappa shape index (κ2) is 6.51. The largest absolute Gasteiger partial charge is 0.317 e. The van der Waals surface area contributed by atoms with Gasteiger partial charge in [-0.15, -0.1) is 0 Å². The highest BCUT2D eigenvalue weighted by Crippen LogP contribution is 2.25. The zero-order valence-electron chi connectivity index (χ0n) is 11.7. The van der Waals surface area contributed by atoms with Gasteiger partial charge in [0.15, 0.2) is 0 Å². The molecule has 122 valence electrons. The Bertz CT molecular complexity index is 852. The SMILES string of the molecule is CS(=O)(=O)Nc1ccc(C(=O)Nc2c(F)cccc2F)cc1Cl. The van der Waals surface area contributed by atoms with Crippen molar-refractivity contribution in [2.75, 3.05) is 16.3 Å². The first-order valence-electron chi connectivity index (χ1n) is 6.20. The van der Waals surface area contributed by atoms with Crippen LogP contribution >= 0.6 is 11.6 Å². The van der Waals surface area contributed by atoms with Gasteiger partial charge in [0.25, 0.3) is 5.91 Å². The van der Waals surface area contributed by atoms with Gasteiger partial charge in [0.2, 0.25) is 10.0 Å². The van der Waals surface area contributed by atoms with Crippen LogP contribution in [0.25, 0.3) is 0 Å². The number of nitrogens with one attached hydrogen (secondary N) is 2. The van der Waals surface area contributed by atoms with E-state index < -0.39 is 33.3 Å². The van der Waals surface area contributed by atoms with Gasteiger partial charge in [0.05, 0.1) is 17.0 Å². The first kappa shape index (κ1) is 17.2. The van der Waals surface area contributed by atoms with Gasteiger partial charge >= 0.3 is 0 Å². The van der Waals surface area contributed by atoms with Gasteiger partial charge in [-0.3, -0.25) is 9.52 Å². The molecule has 0 fully saturated rings. The number of rotatable bonds is 4. The van der Waals surface area contributed by atoms with Crippen molar-refractivity contribution in [3.63, 3.8) is 0 Å². The Kier molecular flexibility index (Phi) is 4.86. The van der Waals surface area contributed by atoms with Crippen LogP contribution in [0.2, 0.25) is 5.02 Å². The summed E-state index contributed by atoms with van der Waals surface area (Å²) in [6, 6.07) is 6.91. The van der Waals surface area contributed by atoms with E-state index in [-0.39, 0.29) is 16.3 Å². The lowest BCUT2D eigenvalue weighted by Crippen LogP contribution is -2.15. The maximum atomic E-state index is 13.5. The van der Waals surface area contributed by atoms with Crippen molar-refractivity contribution >= 4 is 38.9 Å². The van der Waals surface area contributed by atoms with Crippen molar-refractivity contribution < 1.29 is 22.0 Å².